The van der Waals surface area contributed by atoms with Gasteiger partial charge in [-0.1, -0.05) is 6.92 Å². The first-order valence-electron chi connectivity index (χ1n) is 5.61. The van der Waals surface area contributed by atoms with Gasteiger partial charge in [-0.2, -0.15) is 0 Å². The summed E-state index contributed by atoms with van der Waals surface area (Å²) in [7, 11) is 0. The van der Waals surface area contributed by atoms with Gasteiger partial charge < -0.3 is 5.11 Å². The summed E-state index contributed by atoms with van der Waals surface area (Å²) in [4.78, 5) is 6.90. The van der Waals surface area contributed by atoms with Crippen LogP contribution in [0.5, 0.6) is 0 Å². The zero-order valence-electron chi connectivity index (χ0n) is 9.15. The second kappa shape index (κ2) is 5.05. The first-order valence-corrected chi connectivity index (χ1v) is 6.49. The van der Waals surface area contributed by atoms with Crippen molar-refractivity contribution in [2.45, 2.75) is 38.8 Å². The number of likely N-dealkylation sites (tertiary alicyclic amines) is 1. The molecule has 1 N–H and O–H groups in total. The van der Waals surface area contributed by atoms with E-state index >= 15 is 0 Å². The van der Waals surface area contributed by atoms with Crippen LogP contribution in [0.4, 0.5) is 0 Å². The highest BCUT2D eigenvalue weighted by Crippen LogP contribution is 2.20. The smallest absolute Gasteiger partial charge is 0.0926 e. The highest BCUT2D eigenvalue weighted by molar-refractivity contribution is 7.09. The fourth-order valence-electron chi connectivity index (χ4n) is 2.10. The summed E-state index contributed by atoms with van der Waals surface area (Å²) < 4.78 is 0. The van der Waals surface area contributed by atoms with Gasteiger partial charge in [0.15, 0.2) is 0 Å². The molecule has 0 aromatic carbocycles. The molecule has 1 aromatic heterocycles. The molecule has 2 heterocycles. The van der Waals surface area contributed by atoms with E-state index in [-0.39, 0.29) is 6.61 Å². The van der Waals surface area contributed by atoms with E-state index < -0.39 is 0 Å². The molecule has 1 atom stereocenters. The number of aliphatic hydroxyl groups is 1. The van der Waals surface area contributed by atoms with Gasteiger partial charge >= 0.3 is 0 Å². The zero-order chi connectivity index (χ0) is 10.7. The lowest BCUT2D eigenvalue weighted by Crippen LogP contribution is -2.31. The van der Waals surface area contributed by atoms with Crippen LogP contribution < -0.4 is 0 Å². The normalized spacial score (nSPS) is 22.4. The Hall–Kier alpha value is -0.450. The van der Waals surface area contributed by atoms with Gasteiger partial charge in [-0.3, -0.25) is 4.90 Å². The van der Waals surface area contributed by atoms with Crippen molar-refractivity contribution in [1.29, 1.82) is 0 Å². The predicted molar refractivity (Wildman–Crippen MR) is 62.0 cm³/mol. The maximum absolute atomic E-state index is 9.21. The lowest BCUT2D eigenvalue weighted by Gasteiger charge is -2.21. The van der Waals surface area contributed by atoms with E-state index in [1.807, 2.05) is 0 Å². The summed E-state index contributed by atoms with van der Waals surface area (Å²) >= 11 is 1.74. The van der Waals surface area contributed by atoms with E-state index in [0.717, 1.165) is 31.6 Å². The molecule has 4 heteroatoms. The Labute approximate surface area is 94.8 Å². The Bertz CT molecular complexity index is 313. The molecule has 1 aliphatic rings. The summed E-state index contributed by atoms with van der Waals surface area (Å²) in [5.74, 6) is 0. The van der Waals surface area contributed by atoms with Crippen LogP contribution in [-0.2, 0) is 13.0 Å². The molecule has 1 saturated heterocycles. The van der Waals surface area contributed by atoms with Gasteiger partial charge in [0.05, 0.1) is 17.3 Å². The zero-order valence-corrected chi connectivity index (χ0v) is 9.96. The van der Waals surface area contributed by atoms with Crippen molar-refractivity contribution >= 4 is 11.3 Å². The number of aryl methyl sites for hydroxylation is 1. The summed E-state index contributed by atoms with van der Waals surface area (Å²) in [6, 6.07) is 0.358. The van der Waals surface area contributed by atoms with Gasteiger partial charge in [0.25, 0.3) is 0 Å². The molecular formula is C11H18N2OS. The Kier molecular flexibility index (Phi) is 3.72. The lowest BCUT2D eigenvalue weighted by atomic mass is 10.2. The molecule has 3 nitrogen and oxygen atoms in total. The molecule has 1 unspecified atom stereocenters. The third-order valence-electron chi connectivity index (χ3n) is 2.98. The molecule has 0 saturated carbocycles. The summed E-state index contributed by atoms with van der Waals surface area (Å²) in [5, 5.41) is 12.6. The minimum atomic E-state index is 0.283. The van der Waals surface area contributed by atoms with Gasteiger partial charge in [-0.25, -0.2) is 4.98 Å². The first-order chi connectivity index (χ1) is 7.33. The quantitative estimate of drug-likeness (QED) is 0.848. The second-order valence-electron chi connectivity index (χ2n) is 4.04. The second-order valence-corrected chi connectivity index (χ2v) is 4.98. The third kappa shape index (κ3) is 2.56. The topological polar surface area (TPSA) is 36.4 Å². The Morgan fingerprint density at radius 3 is 3.20 bits per heavy atom. The van der Waals surface area contributed by atoms with Crippen molar-refractivity contribution in [2.24, 2.45) is 0 Å². The highest BCUT2D eigenvalue weighted by Gasteiger charge is 2.24. The van der Waals surface area contributed by atoms with Gasteiger partial charge in [-0.15, -0.1) is 11.3 Å². The fraction of sp³-hybridized carbons (Fsp3) is 0.727. The molecule has 2 rings (SSSR count). The summed E-state index contributed by atoms with van der Waals surface area (Å²) in [5.41, 5.74) is 1.16. The average Bonchev–Trinajstić information content (AvgIpc) is 2.87. The number of hydrogen-bond donors (Lipinski definition) is 1. The number of aliphatic hydroxyl groups excluding tert-OH is 1. The largest absolute Gasteiger partial charge is 0.395 e. The monoisotopic (exact) mass is 226 g/mol. The standard InChI is InChI=1S/C11H18N2OS/c1-2-11-12-9(8-15-11)6-13-5-3-4-10(13)7-14/h8,10,14H,2-7H2,1H3. The van der Waals surface area contributed by atoms with Crippen LogP contribution in [-0.4, -0.2) is 34.2 Å². The van der Waals surface area contributed by atoms with Crippen molar-refractivity contribution in [3.63, 3.8) is 0 Å². The van der Waals surface area contributed by atoms with Crippen LogP contribution in [0, 0.1) is 0 Å². The van der Waals surface area contributed by atoms with E-state index in [9.17, 15) is 5.11 Å². The van der Waals surface area contributed by atoms with Crippen LogP contribution >= 0.6 is 11.3 Å². The van der Waals surface area contributed by atoms with Gasteiger partial charge in [0, 0.05) is 18.0 Å². The van der Waals surface area contributed by atoms with Crippen molar-refractivity contribution < 1.29 is 5.11 Å². The van der Waals surface area contributed by atoms with E-state index in [4.69, 9.17) is 0 Å². The molecule has 84 valence electrons. The number of aromatic nitrogens is 1. The van der Waals surface area contributed by atoms with Gasteiger partial charge in [0.1, 0.15) is 0 Å². The van der Waals surface area contributed by atoms with Gasteiger partial charge in [-0.05, 0) is 25.8 Å². The SMILES string of the molecule is CCc1nc(CN2CCCC2CO)cs1. The predicted octanol–water partition coefficient (Wildman–Crippen LogP) is 1.66. The highest BCUT2D eigenvalue weighted by atomic mass is 32.1. The number of nitrogens with zero attached hydrogens (tertiary/aromatic N) is 2. The van der Waals surface area contributed by atoms with Crippen LogP contribution in [0.25, 0.3) is 0 Å². The molecule has 1 aliphatic heterocycles. The first kappa shape index (κ1) is 11.0. The Morgan fingerprint density at radius 1 is 1.67 bits per heavy atom. The maximum Gasteiger partial charge on any atom is 0.0926 e. The molecule has 1 fully saturated rings. The van der Waals surface area contributed by atoms with E-state index in [2.05, 4.69) is 22.2 Å². The Balaban J connectivity index is 1.95. The molecule has 1 aromatic rings. The van der Waals surface area contributed by atoms with Crippen molar-refractivity contribution in [3.8, 4) is 0 Å². The fourth-order valence-corrected chi connectivity index (χ4v) is 2.84. The van der Waals surface area contributed by atoms with Crippen molar-refractivity contribution in [1.82, 2.24) is 9.88 Å². The van der Waals surface area contributed by atoms with Crippen LogP contribution in [0.15, 0.2) is 5.38 Å². The molecule has 15 heavy (non-hydrogen) atoms. The number of thiazole rings is 1. The van der Waals surface area contributed by atoms with Crippen LogP contribution in [0.2, 0.25) is 0 Å². The van der Waals surface area contributed by atoms with Gasteiger partial charge in [0.2, 0.25) is 0 Å². The van der Waals surface area contributed by atoms with Crippen LogP contribution in [0.3, 0.4) is 0 Å². The minimum Gasteiger partial charge on any atom is -0.395 e. The van der Waals surface area contributed by atoms with Crippen LogP contribution in [0.1, 0.15) is 30.5 Å². The van der Waals surface area contributed by atoms with E-state index in [0.29, 0.717) is 6.04 Å². The average molecular weight is 226 g/mol. The maximum atomic E-state index is 9.21. The number of hydrogen-bond acceptors (Lipinski definition) is 4. The van der Waals surface area contributed by atoms with Crippen molar-refractivity contribution in [3.05, 3.63) is 16.1 Å². The molecule has 0 spiro atoms. The molecule has 0 amide bonds. The molecular weight excluding hydrogens is 208 g/mol. The summed E-state index contributed by atoms with van der Waals surface area (Å²) in [6.07, 6.45) is 3.35. The van der Waals surface area contributed by atoms with Crippen molar-refractivity contribution in [2.75, 3.05) is 13.2 Å². The Morgan fingerprint density at radius 2 is 2.53 bits per heavy atom. The molecule has 0 bridgehead atoms. The molecule has 0 radical (unpaired) electrons. The van der Waals surface area contributed by atoms with E-state index in [1.54, 1.807) is 11.3 Å². The van der Waals surface area contributed by atoms with E-state index in [1.165, 1.54) is 11.4 Å². The lowest BCUT2D eigenvalue weighted by molar-refractivity contribution is 0.152. The molecule has 0 aliphatic carbocycles. The third-order valence-corrected chi connectivity index (χ3v) is 4.02. The summed E-state index contributed by atoms with van der Waals surface area (Å²) in [6.45, 7) is 4.42. The number of rotatable bonds is 4. The minimum absolute atomic E-state index is 0.283.